The number of aryl methyl sites for hydroxylation is 1. The Morgan fingerprint density at radius 1 is 1.11 bits per heavy atom. The molecule has 1 atom stereocenters. The fourth-order valence-electron chi connectivity index (χ4n) is 3.54. The lowest BCUT2D eigenvalue weighted by molar-refractivity contribution is -0.125. The summed E-state index contributed by atoms with van der Waals surface area (Å²) in [6.07, 6.45) is 0.907. The summed E-state index contributed by atoms with van der Waals surface area (Å²) in [5, 5.41) is 0. The van der Waals surface area contributed by atoms with Crippen molar-refractivity contribution >= 4 is 17.6 Å². The Hall–Kier alpha value is -2.66. The van der Waals surface area contributed by atoms with Crippen molar-refractivity contribution < 1.29 is 14.3 Å². The van der Waals surface area contributed by atoms with E-state index in [1.54, 1.807) is 12.1 Å². The number of rotatable bonds is 5. The topological polar surface area (TPSA) is 49.9 Å². The highest BCUT2D eigenvalue weighted by molar-refractivity contribution is 5.98. The number of piperazine rings is 1. The standard InChI is InChI=1S/C22H26N2O3/c1-4-18-7-5-6-8-20(18)24-14-13-23(16(2)21(24)25)15-17-9-11-19(12-10-17)22(26)27-3/h5-12,16H,4,13-15H2,1-3H3/t16-/m0/s1. The Balaban J connectivity index is 1.70. The van der Waals surface area contributed by atoms with Crippen molar-refractivity contribution in [3.05, 3.63) is 65.2 Å². The summed E-state index contributed by atoms with van der Waals surface area (Å²) >= 11 is 0. The average molecular weight is 366 g/mol. The van der Waals surface area contributed by atoms with E-state index in [0.717, 1.165) is 24.2 Å². The number of para-hydroxylation sites is 1. The van der Waals surface area contributed by atoms with E-state index in [1.807, 2.05) is 42.2 Å². The number of nitrogens with zero attached hydrogens (tertiary/aromatic N) is 2. The van der Waals surface area contributed by atoms with E-state index in [2.05, 4.69) is 17.9 Å². The minimum Gasteiger partial charge on any atom is -0.465 e. The molecular formula is C22H26N2O3. The summed E-state index contributed by atoms with van der Waals surface area (Å²) < 4.78 is 4.73. The molecule has 3 rings (SSSR count). The van der Waals surface area contributed by atoms with Crippen LogP contribution >= 0.6 is 0 Å². The lowest BCUT2D eigenvalue weighted by Crippen LogP contribution is -2.55. The van der Waals surface area contributed by atoms with Crippen LogP contribution in [-0.4, -0.2) is 43.0 Å². The maximum absolute atomic E-state index is 13.0. The first-order valence-electron chi connectivity index (χ1n) is 9.35. The van der Waals surface area contributed by atoms with Crippen LogP contribution in [0.3, 0.4) is 0 Å². The predicted molar refractivity (Wildman–Crippen MR) is 106 cm³/mol. The van der Waals surface area contributed by atoms with Crippen LogP contribution in [0.2, 0.25) is 0 Å². The maximum Gasteiger partial charge on any atom is 0.337 e. The number of esters is 1. The molecule has 0 bridgehead atoms. The van der Waals surface area contributed by atoms with Crippen molar-refractivity contribution in [2.75, 3.05) is 25.1 Å². The van der Waals surface area contributed by atoms with Gasteiger partial charge in [0, 0.05) is 25.3 Å². The first-order chi connectivity index (χ1) is 13.0. The lowest BCUT2D eigenvalue weighted by atomic mass is 10.1. The molecule has 5 heteroatoms. The second-order valence-corrected chi connectivity index (χ2v) is 6.81. The van der Waals surface area contributed by atoms with E-state index in [9.17, 15) is 9.59 Å². The molecule has 1 aliphatic heterocycles. The second-order valence-electron chi connectivity index (χ2n) is 6.81. The third-order valence-corrected chi connectivity index (χ3v) is 5.21. The quantitative estimate of drug-likeness (QED) is 0.762. The average Bonchev–Trinajstić information content (AvgIpc) is 2.71. The fourth-order valence-corrected chi connectivity index (χ4v) is 3.54. The number of benzene rings is 2. The van der Waals surface area contributed by atoms with E-state index < -0.39 is 0 Å². The molecule has 1 saturated heterocycles. The summed E-state index contributed by atoms with van der Waals surface area (Å²) in [6, 6.07) is 15.3. The highest BCUT2D eigenvalue weighted by Crippen LogP contribution is 2.25. The van der Waals surface area contributed by atoms with Crippen LogP contribution in [0.5, 0.6) is 0 Å². The molecule has 0 aliphatic carbocycles. The number of anilines is 1. The number of amides is 1. The number of carbonyl (C=O) groups excluding carboxylic acids is 2. The van der Waals surface area contributed by atoms with Gasteiger partial charge >= 0.3 is 5.97 Å². The van der Waals surface area contributed by atoms with Crippen molar-refractivity contribution in [1.82, 2.24) is 4.90 Å². The van der Waals surface area contributed by atoms with E-state index in [1.165, 1.54) is 12.7 Å². The zero-order valence-electron chi connectivity index (χ0n) is 16.1. The van der Waals surface area contributed by atoms with E-state index in [-0.39, 0.29) is 17.9 Å². The Morgan fingerprint density at radius 3 is 2.48 bits per heavy atom. The van der Waals surface area contributed by atoms with E-state index >= 15 is 0 Å². The van der Waals surface area contributed by atoms with E-state index in [0.29, 0.717) is 18.7 Å². The Kier molecular flexibility index (Phi) is 5.91. The van der Waals surface area contributed by atoms with Crippen molar-refractivity contribution in [3.63, 3.8) is 0 Å². The van der Waals surface area contributed by atoms with Crippen LogP contribution in [-0.2, 0) is 22.5 Å². The highest BCUT2D eigenvalue weighted by atomic mass is 16.5. The van der Waals surface area contributed by atoms with Gasteiger partial charge in [-0.25, -0.2) is 4.79 Å². The van der Waals surface area contributed by atoms with Crippen LogP contribution in [0.1, 0.15) is 35.3 Å². The van der Waals surface area contributed by atoms with Gasteiger partial charge in [0.05, 0.1) is 18.7 Å². The van der Waals surface area contributed by atoms with Crippen molar-refractivity contribution in [2.45, 2.75) is 32.9 Å². The molecule has 0 radical (unpaired) electrons. The minimum atomic E-state index is -0.340. The normalized spacial score (nSPS) is 17.8. The van der Waals surface area contributed by atoms with Gasteiger partial charge in [0.2, 0.25) is 5.91 Å². The van der Waals surface area contributed by atoms with E-state index in [4.69, 9.17) is 4.74 Å². The molecule has 1 heterocycles. The molecule has 1 aliphatic rings. The smallest absolute Gasteiger partial charge is 0.337 e. The highest BCUT2D eigenvalue weighted by Gasteiger charge is 2.32. The predicted octanol–water partition coefficient (Wildman–Crippen LogP) is 3.27. The number of hydrogen-bond donors (Lipinski definition) is 0. The van der Waals surface area contributed by atoms with Crippen LogP contribution in [0.4, 0.5) is 5.69 Å². The van der Waals surface area contributed by atoms with Gasteiger partial charge in [0.1, 0.15) is 0 Å². The first kappa shape index (κ1) is 19.1. The molecule has 0 unspecified atom stereocenters. The molecule has 0 N–H and O–H groups in total. The molecule has 0 spiro atoms. The molecule has 5 nitrogen and oxygen atoms in total. The van der Waals surface area contributed by atoms with Gasteiger partial charge in [-0.1, -0.05) is 37.3 Å². The van der Waals surface area contributed by atoms with Gasteiger partial charge in [-0.2, -0.15) is 0 Å². The third kappa shape index (κ3) is 4.03. The van der Waals surface area contributed by atoms with Gasteiger partial charge < -0.3 is 9.64 Å². The molecule has 142 valence electrons. The summed E-state index contributed by atoms with van der Waals surface area (Å²) in [7, 11) is 1.37. The van der Waals surface area contributed by atoms with Crippen molar-refractivity contribution in [2.24, 2.45) is 0 Å². The number of hydrogen-bond acceptors (Lipinski definition) is 4. The Bertz CT molecular complexity index is 817. The fraction of sp³-hybridized carbons (Fsp3) is 0.364. The van der Waals surface area contributed by atoms with Gasteiger partial charge in [0.15, 0.2) is 0 Å². The molecule has 2 aromatic carbocycles. The Labute approximate surface area is 160 Å². The third-order valence-electron chi connectivity index (χ3n) is 5.21. The van der Waals surface area contributed by atoms with Gasteiger partial charge in [-0.05, 0) is 42.7 Å². The van der Waals surface area contributed by atoms with Gasteiger partial charge in [-0.3, -0.25) is 9.69 Å². The second kappa shape index (κ2) is 8.35. The van der Waals surface area contributed by atoms with Crippen LogP contribution in [0.25, 0.3) is 0 Å². The number of ether oxygens (including phenoxy) is 1. The number of carbonyl (C=O) groups is 2. The summed E-state index contributed by atoms with van der Waals surface area (Å²) in [5.74, 6) is -0.207. The van der Waals surface area contributed by atoms with Gasteiger partial charge in [0.25, 0.3) is 0 Å². The Morgan fingerprint density at radius 2 is 1.81 bits per heavy atom. The van der Waals surface area contributed by atoms with Gasteiger partial charge in [-0.15, -0.1) is 0 Å². The zero-order valence-corrected chi connectivity index (χ0v) is 16.1. The first-order valence-corrected chi connectivity index (χ1v) is 9.35. The SMILES string of the molecule is CCc1ccccc1N1CCN(Cc2ccc(C(=O)OC)cc2)[C@@H](C)C1=O. The minimum absolute atomic E-state index is 0.133. The summed E-state index contributed by atoms with van der Waals surface area (Å²) in [4.78, 5) is 28.6. The monoisotopic (exact) mass is 366 g/mol. The molecule has 27 heavy (non-hydrogen) atoms. The molecule has 0 aromatic heterocycles. The molecule has 1 amide bonds. The van der Waals surface area contributed by atoms with Crippen molar-refractivity contribution in [1.29, 1.82) is 0 Å². The lowest BCUT2D eigenvalue weighted by Gasteiger charge is -2.39. The molecular weight excluding hydrogens is 340 g/mol. The zero-order chi connectivity index (χ0) is 19.4. The molecule has 0 saturated carbocycles. The summed E-state index contributed by atoms with van der Waals surface area (Å²) in [6.45, 7) is 6.24. The maximum atomic E-state index is 13.0. The number of methoxy groups -OCH3 is 1. The van der Waals surface area contributed by atoms with Crippen LogP contribution in [0, 0.1) is 0 Å². The molecule has 1 fully saturated rings. The molecule has 2 aromatic rings. The van der Waals surface area contributed by atoms with Crippen LogP contribution in [0.15, 0.2) is 48.5 Å². The van der Waals surface area contributed by atoms with Crippen molar-refractivity contribution in [3.8, 4) is 0 Å². The van der Waals surface area contributed by atoms with Crippen LogP contribution < -0.4 is 4.90 Å². The summed E-state index contributed by atoms with van der Waals surface area (Å²) in [5.41, 5.74) is 3.83. The largest absolute Gasteiger partial charge is 0.465 e.